The highest BCUT2D eigenvalue weighted by Gasteiger charge is 2.24. The van der Waals surface area contributed by atoms with Crippen LogP contribution < -0.4 is 10.5 Å². The van der Waals surface area contributed by atoms with Gasteiger partial charge in [0.25, 0.3) is 5.56 Å². The fraction of sp³-hybridized carbons (Fsp3) is 0.200. The van der Waals surface area contributed by atoms with Crippen molar-refractivity contribution in [2.45, 2.75) is 19.4 Å². The van der Waals surface area contributed by atoms with Crippen LogP contribution in [0, 0.1) is 5.82 Å². The molecule has 3 aromatic heterocycles. The van der Waals surface area contributed by atoms with Gasteiger partial charge < -0.3 is 9.47 Å². The maximum Gasteiger partial charge on any atom is 0.277 e. The third-order valence-corrected chi connectivity index (χ3v) is 5.20. The van der Waals surface area contributed by atoms with E-state index in [0.717, 1.165) is 17.7 Å². The van der Waals surface area contributed by atoms with E-state index in [2.05, 4.69) is 10.1 Å². The van der Waals surface area contributed by atoms with Crippen LogP contribution in [-0.2, 0) is 17.8 Å². The molecule has 28 heavy (non-hydrogen) atoms. The topological polar surface area (TPSA) is 72.5 Å². The zero-order valence-electron chi connectivity index (χ0n) is 14.9. The van der Waals surface area contributed by atoms with Gasteiger partial charge >= 0.3 is 0 Å². The Hall–Kier alpha value is -3.55. The first kappa shape index (κ1) is 16.6. The lowest BCUT2D eigenvalue weighted by Crippen LogP contribution is -2.31. The highest BCUT2D eigenvalue weighted by molar-refractivity contribution is 5.95. The van der Waals surface area contributed by atoms with Gasteiger partial charge in [0.15, 0.2) is 0 Å². The maximum atomic E-state index is 13.9. The number of nitrogens with zero attached hydrogens (tertiary/aromatic N) is 5. The quantitative estimate of drug-likeness (QED) is 0.549. The van der Waals surface area contributed by atoms with Crippen LogP contribution in [0.1, 0.15) is 12.0 Å². The second kappa shape index (κ2) is 6.26. The summed E-state index contributed by atoms with van der Waals surface area (Å²) in [4.78, 5) is 31.5. The molecule has 0 bridgehead atoms. The minimum atomic E-state index is -0.446. The minimum Gasteiger partial charge on any atom is -0.310 e. The van der Waals surface area contributed by atoms with Gasteiger partial charge in [0.05, 0.1) is 29.1 Å². The van der Waals surface area contributed by atoms with Gasteiger partial charge in [0.2, 0.25) is 5.91 Å². The number of carbonyl (C=O) groups is 1. The molecule has 0 radical (unpaired) electrons. The Kier molecular flexibility index (Phi) is 3.71. The van der Waals surface area contributed by atoms with E-state index < -0.39 is 5.82 Å². The second-order valence-corrected chi connectivity index (χ2v) is 6.77. The Bertz CT molecular complexity index is 1290. The summed E-state index contributed by atoms with van der Waals surface area (Å²) >= 11 is 0. The average Bonchev–Trinajstić information content (AvgIpc) is 3.35. The summed E-state index contributed by atoms with van der Waals surface area (Å²) in [5.41, 5.74) is 3.03. The molecule has 1 amide bonds. The number of hydrogen-bond donors (Lipinski definition) is 0. The highest BCUT2D eigenvalue weighted by atomic mass is 19.1. The molecule has 0 unspecified atom stereocenters. The number of carbonyl (C=O) groups excluding carboxylic acids is 1. The monoisotopic (exact) mass is 377 g/mol. The first-order chi connectivity index (χ1) is 13.6. The van der Waals surface area contributed by atoms with E-state index >= 15 is 0 Å². The number of amides is 1. The van der Waals surface area contributed by atoms with Crippen molar-refractivity contribution in [1.82, 2.24) is 19.2 Å². The van der Waals surface area contributed by atoms with Crippen molar-refractivity contribution in [2.75, 3.05) is 11.4 Å². The fourth-order valence-corrected chi connectivity index (χ4v) is 3.84. The molecule has 0 spiro atoms. The van der Waals surface area contributed by atoms with E-state index in [1.165, 1.54) is 27.4 Å². The summed E-state index contributed by atoms with van der Waals surface area (Å²) < 4.78 is 16.8. The smallest absolute Gasteiger partial charge is 0.277 e. The van der Waals surface area contributed by atoms with Crippen molar-refractivity contribution in [3.05, 3.63) is 70.7 Å². The average molecular weight is 377 g/mol. The number of pyridine rings is 1. The molecule has 140 valence electrons. The number of aryl methyl sites for hydroxylation is 1. The number of rotatable bonds is 3. The first-order valence-electron chi connectivity index (χ1n) is 9.02. The van der Waals surface area contributed by atoms with E-state index in [4.69, 9.17) is 0 Å². The molecule has 5 rings (SSSR count). The molecule has 1 aliphatic rings. The van der Waals surface area contributed by atoms with Gasteiger partial charge in [-0.25, -0.2) is 8.91 Å². The summed E-state index contributed by atoms with van der Waals surface area (Å²) in [6, 6.07) is 7.75. The van der Waals surface area contributed by atoms with Crippen LogP contribution in [0.5, 0.6) is 0 Å². The molecule has 0 atom stereocenters. The third-order valence-electron chi connectivity index (χ3n) is 5.20. The van der Waals surface area contributed by atoms with E-state index in [-0.39, 0.29) is 24.4 Å². The summed E-state index contributed by atoms with van der Waals surface area (Å²) in [5.74, 6) is -0.533. The van der Waals surface area contributed by atoms with Crippen LogP contribution >= 0.6 is 0 Å². The molecule has 8 heteroatoms. The molecule has 7 nitrogen and oxygen atoms in total. The number of hydrogen-bond acceptors (Lipinski definition) is 4. The van der Waals surface area contributed by atoms with Crippen LogP contribution in [-0.4, -0.2) is 31.6 Å². The molecular formula is C20H16FN5O2. The lowest BCUT2D eigenvalue weighted by atomic mass is 10.2. The predicted octanol–water partition coefficient (Wildman–Crippen LogP) is 2.16. The predicted molar refractivity (Wildman–Crippen MR) is 102 cm³/mol. The number of benzene rings is 1. The fourth-order valence-electron chi connectivity index (χ4n) is 3.84. The zero-order chi connectivity index (χ0) is 19.3. The maximum absolute atomic E-state index is 13.9. The number of fused-ring (bicyclic) bond motifs is 4. The molecule has 1 aliphatic heterocycles. The SMILES string of the molecule is O=C(CCn1c(=O)c2ccnn2c2ccc(F)cc21)N1CCc2ccncc21. The van der Waals surface area contributed by atoms with Crippen molar-refractivity contribution in [3.8, 4) is 0 Å². The highest BCUT2D eigenvalue weighted by Crippen LogP contribution is 2.27. The van der Waals surface area contributed by atoms with Gasteiger partial charge in [-0.05, 0) is 42.3 Å². The van der Waals surface area contributed by atoms with E-state index in [9.17, 15) is 14.0 Å². The van der Waals surface area contributed by atoms with E-state index in [0.29, 0.717) is 23.1 Å². The molecule has 0 N–H and O–H groups in total. The summed E-state index contributed by atoms with van der Waals surface area (Å²) in [5, 5.41) is 4.16. The lowest BCUT2D eigenvalue weighted by Gasteiger charge is -2.18. The first-order valence-corrected chi connectivity index (χ1v) is 9.02. The van der Waals surface area contributed by atoms with Crippen molar-refractivity contribution >= 4 is 28.1 Å². The minimum absolute atomic E-state index is 0.0865. The zero-order valence-corrected chi connectivity index (χ0v) is 14.9. The summed E-state index contributed by atoms with van der Waals surface area (Å²) in [6.45, 7) is 0.761. The van der Waals surface area contributed by atoms with Gasteiger partial charge in [-0.15, -0.1) is 0 Å². The van der Waals surface area contributed by atoms with Crippen molar-refractivity contribution in [1.29, 1.82) is 0 Å². The molecule has 0 aliphatic carbocycles. The molecule has 4 aromatic rings. The number of aromatic nitrogens is 4. The summed E-state index contributed by atoms with van der Waals surface area (Å²) in [6.07, 6.45) is 5.86. The molecular weight excluding hydrogens is 361 g/mol. The van der Waals surface area contributed by atoms with Crippen LogP contribution in [0.15, 0.2) is 53.7 Å². The Balaban J connectivity index is 1.51. The Morgan fingerprint density at radius 1 is 1.11 bits per heavy atom. The second-order valence-electron chi connectivity index (χ2n) is 6.77. The van der Waals surface area contributed by atoms with Gasteiger partial charge in [0.1, 0.15) is 11.3 Å². The Morgan fingerprint density at radius 3 is 2.89 bits per heavy atom. The van der Waals surface area contributed by atoms with Crippen LogP contribution in [0.2, 0.25) is 0 Å². The third kappa shape index (κ3) is 2.49. The molecule has 0 saturated heterocycles. The molecule has 0 saturated carbocycles. The standard InChI is InChI=1S/C20H16FN5O2/c21-14-1-2-15-17(11-14)25(20(28)16-4-8-23-26(15)16)10-6-19(27)24-9-5-13-3-7-22-12-18(13)24/h1-4,7-8,11-12H,5-6,9-10H2. The molecule has 0 fully saturated rings. The van der Waals surface area contributed by atoms with Crippen LogP contribution in [0.4, 0.5) is 10.1 Å². The summed E-state index contributed by atoms with van der Waals surface area (Å²) in [7, 11) is 0. The Labute approximate surface area is 158 Å². The van der Waals surface area contributed by atoms with E-state index in [1.807, 2.05) is 6.07 Å². The normalized spacial score (nSPS) is 13.4. The van der Waals surface area contributed by atoms with Crippen molar-refractivity contribution in [3.63, 3.8) is 0 Å². The largest absolute Gasteiger partial charge is 0.310 e. The van der Waals surface area contributed by atoms with Crippen LogP contribution in [0.25, 0.3) is 16.6 Å². The molecule has 1 aromatic carbocycles. The van der Waals surface area contributed by atoms with Gasteiger partial charge in [-0.2, -0.15) is 5.10 Å². The number of halogens is 1. The van der Waals surface area contributed by atoms with Crippen LogP contribution in [0.3, 0.4) is 0 Å². The van der Waals surface area contributed by atoms with Gasteiger partial charge in [-0.3, -0.25) is 14.6 Å². The van der Waals surface area contributed by atoms with Gasteiger partial charge in [-0.1, -0.05) is 0 Å². The molecule has 4 heterocycles. The van der Waals surface area contributed by atoms with Crippen molar-refractivity contribution < 1.29 is 9.18 Å². The van der Waals surface area contributed by atoms with Crippen molar-refractivity contribution in [2.24, 2.45) is 0 Å². The Morgan fingerprint density at radius 2 is 2.00 bits per heavy atom. The lowest BCUT2D eigenvalue weighted by molar-refractivity contribution is -0.118. The van der Waals surface area contributed by atoms with Gasteiger partial charge in [0, 0.05) is 25.7 Å². The van der Waals surface area contributed by atoms with E-state index in [1.54, 1.807) is 29.4 Å². The number of anilines is 1.